The molecule has 0 aromatic carbocycles. The molecule has 0 heterocycles. The molecule has 2 fully saturated rings. The van der Waals surface area contributed by atoms with Gasteiger partial charge in [0.15, 0.2) is 0 Å². The van der Waals surface area contributed by atoms with Crippen LogP contribution in [0.5, 0.6) is 0 Å². The van der Waals surface area contributed by atoms with Gasteiger partial charge in [-0.25, -0.2) is 0 Å². The van der Waals surface area contributed by atoms with Crippen molar-refractivity contribution in [2.75, 3.05) is 0 Å². The average molecular weight is 163 g/mol. The molecule has 0 spiro atoms. The highest BCUT2D eigenvalue weighted by Crippen LogP contribution is 2.54. The Hall–Kier alpha value is -0.790. The highest BCUT2D eigenvalue weighted by Gasteiger charge is 2.51. The zero-order valence-corrected chi connectivity index (χ0v) is 6.98. The average Bonchev–Trinajstić information content (AvgIpc) is 2.75. The largest absolute Gasteiger partial charge is 0.411 e. The summed E-state index contributed by atoms with van der Waals surface area (Å²) in [7, 11) is 0. The Kier molecular flexibility index (Phi) is 1.18. The third kappa shape index (κ3) is 0.637. The maximum absolute atomic E-state index is 8.77. The summed E-state index contributed by atoms with van der Waals surface area (Å²) in [5.74, 6) is 3.01. The Morgan fingerprint density at radius 1 is 1.50 bits per heavy atom. The van der Waals surface area contributed by atoms with E-state index in [1.165, 1.54) is 12.8 Å². The second kappa shape index (κ2) is 2.12. The van der Waals surface area contributed by atoms with E-state index in [2.05, 4.69) is 17.3 Å². The molecule has 0 radical (unpaired) electrons. The van der Waals surface area contributed by atoms with E-state index in [4.69, 9.17) is 5.21 Å². The Balaban J connectivity index is 1.96. The van der Waals surface area contributed by atoms with Crippen molar-refractivity contribution in [3.05, 3.63) is 12.2 Å². The molecule has 3 aliphatic rings. The number of nitrogens with zero attached hydrogens (tertiary/aromatic N) is 1. The number of allylic oxidation sites excluding steroid dienone is 2. The monoisotopic (exact) mass is 163 g/mol. The number of hydrogen-bond donors (Lipinski definition) is 1. The highest BCUT2D eigenvalue weighted by molar-refractivity contribution is 5.90. The van der Waals surface area contributed by atoms with Crippen molar-refractivity contribution in [3.63, 3.8) is 0 Å². The van der Waals surface area contributed by atoms with Crippen LogP contribution < -0.4 is 0 Å². The van der Waals surface area contributed by atoms with Crippen LogP contribution in [0.1, 0.15) is 19.3 Å². The summed E-state index contributed by atoms with van der Waals surface area (Å²) in [6.07, 6.45) is 8.24. The molecular formula is C10H13NO. The maximum atomic E-state index is 8.77. The molecular weight excluding hydrogens is 150 g/mol. The lowest BCUT2D eigenvalue weighted by Crippen LogP contribution is -2.24. The van der Waals surface area contributed by atoms with Crippen LogP contribution in [0, 0.1) is 23.7 Å². The summed E-state index contributed by atoms with van der Waals surface area (Å²) >= 11 is 0. The van der Waals surface area contributed by atoms with E-state index in [-0.39, 0.29) is 0 Å². The third-order valence-corrected chi connectivity index (χ3v) is 3.92. The Labute approximate surface area is 72.0 Å². The fraction of sp³-hybridized carbons (Fsp3) is 0.700. The standard InChI is InChI=1S/C10H13NO/c12-11-10-5-6-4-9(10)8-3-1-2-7(6)8/h1,3,6-9,12H,2,4-5H2/b11-10-/t6-,7+,8+,9+/m1/s1. The first-order valence-electron chi connectivity index (χ1n) is 4.77. The number of hydrogen-bond acceptors (Lipinski definition) is 2. The van der Waals surface area contributed by atoms with E-state index in [1.54, 1.807) is 0 Å². The summed E-state index contributed by atoms with van der Waals surface area (Å²) < 4.78 is 0. The molecule has 2 saturated carbocycles. The van der Waals surface area contributed by atoms with Gasteiger partial charge in [-0.2, -0.15) is 0 Å². The van der Waals surface area contributed by atoms with E-state index in [0.29, 0.717) is 5.92 Å². The quantitative estimate of drug-likeness (QED) is 0.331. The van der Waals surface area contributed by atoms with Crippen molar-refractivity contribution in [3.8, 4) is 0 Å². The molecule has 0 unspecified atom stereocenters. The van der Waals surface area contributed by atoms with E-state index in [0.717, 1.165) is 29.9 Å². The molecule has 0 aromatic rings. The minimum atomic E-state index is 0.587. The molecule has 3 rings (SSSR count). The molecule has 2 nitrogen and oxygen atoms in total. The molecule has 0 amide bonds. The smallest absolute Gasteiger partial charge is 0.0610 e. The zero-order chi connectivity index (χ0) is 8.13. The summed E-state index contributed by atoms with van der Waals surface area (Å²) in [6.45, 7) is 0. The lowest BCUT2D eigenvalue weighted by molar-refractivity contribution is 0.300. The molecule has 64 valence electrons. The van der Waals surface area contributed by atoms with Crippen LogP contribution in [-0.4, -0.2) is 10.9 Å². The molecule has 1 N–H and O–H groups in total. The van der Waals surface area contributed by atoms with Crippen LogP contribution in [0.4, 0.5) is 0 Å². The van der Waals surface area contributed by atoms with Crippen LogP contribution in [0.25, 0.3) is 0 Å². The fourth-order valence-corrected chi connectivity index (χ4v) is 3.42. The van der Waals surface area contributed by atoms with E-state index >= 15 is 0 Å². The highest BCUT2D eigenvalue weighted by atomic mass is 16.4. The van der Waals surface area contributed by atoms with Crippen LogP contribution >= 0.6 is 0 Å². The molecule has 12 heavy (non-hydrogen) atoms. The van der Waals surface area contributed by atoms with Gasteiger partial charge >= 0.3 is 0 Å². The summed E-state index contributed by atoms with van der Waals surface area (Å²) in [6, 6.07) is 0. The Morgan fingerprint density at radius 2 is 2.42 bits per heavy atom. The summed E-state index contributed by atoms with van der Waals surface area (Å²) in [4.78, 5) is 0. The van der Waals surface area contributed by atoms with Gasteiger partial charge in [-0.1, -0.05) is 17.3 Å². The predicted octanol–water partition coefficient (Wildman–Crippen LogP) is 2.05. The topological polar surface area (TPSA) is 32.6 Å². The molecule has 0 aromatic heterocycles. The number of oxime groups is 1. The third-order valence-electron chi connectivity index (χ3n) is 3.92. The van der Waals surface area contributed by atoms with E-state index in [9.17, 15) is 0 Å². The second-order valence-electron chi connectivity index (χ2n) is 4.30. The van der Waals surface area contributed by atoms with Gasteiger partial charge in [0, 0.05) is 5.92 Å². The molecule has 4 atom stereocenters. The first-order valence-corrected chi connectivity index (χ1v) is 4.77. The fourth-order valence-electron chi connectivity index (χ4n) is 3.42. The van der Waals surface area contributed by atoms with Crippen molar-refractivity contribution >= 4 is 5.71 Å². The van der Waals surface area contributed by atoms with Crippen LogP contribution in [0.15, 0.2) is 17.3 Å². The van der Waals surface area contributed by atoms with E-state index < -0.39 is 0 Å². The lowest BCUT2D eigenvalue weighted by atomic mass is 9.80. The van der Waals surface area contributed by atoms with Gasteiger partial charge in [0.05, 0.1) is 5.71 Å². The minimum Gasteiger partial charge on any atom is -0.411 e. The van der Waals surface area contributed by atoms with Gasteiger partial charge in [-0.05, 0) is 37.0 Å². The Bertz CT molecular complexity index is 269. The second-order valence-corrected chi connectivity index (χ2v) is 4.30. The van der Waals surface area contributed by atoms with E-state index in [1.807, 2.05) is 0 Å². The Morgan fingerprint density at radius 3 is 3.25 bits per heavy atom. The van der Waals surface area contributed by atoms with Gasteiger partial charge in [-0.15, -0.1) is 0 Å². The maximum Gasteiger partial charge on any atom is 0.0610 e. The lowest BCUT2D eigenvalue weighted by Gasteiger charge is -2.24. The van der Waals surface area contributed by atoms with Crippen LogP contribution in [0.2, 0.25) is 0 Å². The van der Waals surface area contributed by atoms with Crippen molar-refractivity contribution < 1.29 is 5.21 Å². The van der Waals surface area contributed by atoms with Gasteiger partial charge < -0.3 is 5.21 Å². The number of fused-ring (bicyclic) bond motifs is 5. The molecule has 0 saturated heterocycles. The minimum absolute atomic E-state index is 0.587. The first-order chi connectivity index (χ1) is 5.90. The normalized spacial score (nSPS) is 52.2. The van der Waals surface area contributed by atoms with Crippen molar-refractivity contribution in [2.24, 2.45) is 28.8 Å². The van der Waals surface area contributed by atoms with Gasteiger partial charge in [0.2, 0.25) is 0 Å². The number of rotatable bonds is 0. The molecule has 2 heteroatoms. The van der Waals surface area contributed by atoms with Gasteiger partial charge in [-0.3, -0.25) is 0 Å². The van der Waals surface area contributed by atoms with Crippen molar-refractivity contribution in [1.29, 1.82) is 0 Å². The predicted molar refractivity (Wildman–Crippen MR) is 46.2 cm³/mol. The zero-order valence-electron chi connectivity index (χ0n) is 6.98. The van der Waals surface area contributed by atoms with Crippen molar-refractivity contribution in [2.45, 2.75) is 19.3 Å². The van der Waals surface area contributed by atoms with Crippen LogP contribution in [0.3, 0.4) is 0 Å². The summed E-state index contributed by atoms with van der Waals surface area (Å²) in [5.41, 5.74) is 1.06. The van der Waals surface area contributed by atoms with Gasteiger partial charge in [0.25, 0.3) is 0 Å². The SMILES string of the molecule is O/N=C1/C[C@H]2C[C@H]1[C@H]1C=CC[C@@H]21. The molecule has 3 aliphatic carbocycles. The molecule has 2 bridgehead atoms. The van der Waals surface area contributed by atoms with Crippen LogP contribution in [-0.2, 0) is 0 Å². The summed E-state index contributed by atoms with van der Waals surface area (Å²) in [5, 5.41) is 12.2. The molecule has 0 aliphatic heterocycles. The van der Waals surface area contributed by atoms with Crippen molar-refractivity contribution in [1.82, 2.24) is 0 Å². The first kappa shape index (κ1) is 6.70. The van der Waals surface area contributed by atoms with Gasteiger partial charge in [0.1, 0.15) is 0 Å².